The van der Waals surface area contributed by atoms with Crippen molar-refractivity contribution in [2.75, 3.05) is 7.05 Å². The lowest BCUT2D eigenvalue weighted by Gasteiger charge is -2.40. The number of hydrogen-bond donors (Lipinski definition) is 1. The molecule has 2 nitrogen and oxygen atoms in total. The van der Waals surface area contributed by atoms with Gasteiger partial charge in [-0.05, 0) is 33.2 Å². The molecule has 0 radical (unpaired) electrons. The first-order chi connectivity index (χ1) is 9.05. The minimum Gasteiger partial charge on any atom is -0.391 e. The van der Waals surface area contributed by atoms with Gasteiger partial charge in [0.05, 0.1) is 6.10 Å². The summed E-state index contributed by atoms with van der Waals surface area (Å²) in [5.74, 6) is 0. The van der Waals surface area contributed by atoms with Crippen LogP contribution in [0.1, 0.15) is 85.0 Å². The van der Waals surface area contributed by atoms with Crippen LogP contribution in [0.5, 0.6) is 0 Å². The molecule has 3 unspecified atom stereocenters. The smallest absolute Gasteiger partial charge is 0.0712 e. The van der Waals surface area contributed by atoms with Crippen LogP contribution in [-0.4, -0.2) is 34.7 Å². The summed E-state index contributed by atoms with van der Waals surface area (Å²) in [5.41, 5.74) is 0.297. The molecule has 1 fully saturated rings. The molecule has 2 heteroatoms. The van der Waals surface area contributed by atoms with Crippen LogP contribution >= 0.6 is 0 Å². The Kier molecular flexibility index (Phi) is 7.38. The number of hydrogen-bond acceptors (Lipinski definition) is 2. The molecule has 0 aliphatic heterocycles. The quantitative estimate of drug-likeness (QED) is 0.563. The first-order valence-corrected chi connectivity index (χ1v) is 8.46. The molecule has 3 atom stereocenters. The highest BCUT2D eigenvalue weighted by Gasteiger charge is 2.44. The van der Waals surface area contributed by atoms with Crippen LogP contribution in [0.4, 0.5) is 0 Å². The minimum atomic E-state index is -0.0638. The zero-order valence-corrected chi connectivity index (χ0v) is 13.6. The number of rotatable bonds is 11. The van der Waals surface area contributed by atoms with E-state index in [2.05, 4.69) is 32.7 Å². The van der Waals surface area contributed by atoms with E-state index in [-0.39, 0.29) is 6.10 Å². The first kappa shape index (κ1) is 17.0. The Morgan fingerprint density at radius 2 is 1.47 bits per heavy atom. The molecule has 0 bridgehead atoms. The van der Waals surface area contributed by atoms with E-state index in [0.717, 1.165) is 6.42 Å². The van der Waals surface area contributed by atoms with Crippen molar-refractivity contribution < 1.29 is 5.11 Å². The number of unbranched alkanes of at least 4 members (excludes halogenated alkanes) is 5. The molecule has 1 N–H and O–H groups in total. The minimum absolute atomic E-state index is 0.0638. The van der Waals surface area contributed by atoms with Gasteiger partial charge in [0.1, 0.15) is 0 Å². The number of likely N-dealkylation sites (N-methyl/N-ethyl adjacent to an activating group) is 1. The third-order valence-electron chi connectivity index (χ3n) is 4.96. The highest BCUT2D eigenvalue weighted by molar-refractivity contribution is 5.00. The van der Waals surface area contributed by atoms with Crippen molar-refractivity contribution in [2.24, 2.45) is 0 Å². The van der Waals surface area contributed by atoms with Gasteiger partial charge in [0, 0.05) is 11.6 Å². The summed E-state index contributed by atoms with van der Waals surface area (Å²) >= 11 is 0. The maximum absolute atomic E-state index is 9.70. The lowest BCUT2D eigenvalue weighted by Crippen LogP contribution is -2.46. The molecule has 0 aromatic heterocycles. The van der Waals surface area contributed by atoms with Gasteiger partial charge in [-0.15, -0.1) is 0 Å². The summed E-state index contributed by atoms with van der Waals surface area (Å²) in [6.07, 6.45) is 12.8. The number of aliphatic hydroxyl groups is 1. The van der Waals surface area contributed by atoms with Gasteiger partial charge in [0.2, 0.25) is 0 Å². The van der Waals surface area contributed by atoms with E-state index in [1.807, 2.05) is 0 Å². The second kappa shape index (κ2) is 8.26. The maximum Gasteiger partial charge on any atom is 0.0712 e. The molecule has 114 valence electrons. The van der Waals surface area contributed by atoms with E-state index >= 15 is 0 Å². The van der Waals surface area contributed by atoms with Gasteiger partial charge in [-0.3, -0.25) is 4.90 Å². The van der Waals surface area contributed by atoms with Crippen LogP contribution in [0.2, 0.25) is 0 Å². The van der Waals surface area contributed by atoms with Gasteiger partial charge < -0.3 is 5.11 Å². The molecule has 0 aromatic carbocycles. The summed E-state index contributed by atoms with van der Waals surface area (Å²) in [5, 5.41) is 9.70. The summed E-state index contributed by atoms with van der Waals surface area (Å²) < 4.78 is 0. The third-order valence-corrected chi connectivity index (χ3v) is 4.96. The summed E-state index contributed by atoms with van der Waals surface area (Å²) in [7, 11) is 2.23. The van der Waals surface area contributed by atoms with Crippen molar-refractivity contribution in [3.8, 4) is 0 Å². The van der Waals surface area contributed by atoms with E-state index in [4.69, 9.17) is 0 Å². The molecule has 0 saturated heterocycles. The van der Waals surface area contributed by atoms with Crippen LogP contribution in [0, 0.1) is 0 Å². The van der Waals surface area contributed by atoms with Crippen molar-refractivity contribution in [3.63, 3.8) is 0 Å². The predicted octanol–water partition coefficient (Wildman–Crippen LogP) is 4.36. The van der Waals surface area contributed by atoms with Gasteiger partial charge in [-0.1, -0.05) is 58.8 Å². The van der Waals surface area contributed by atoms with Crippen molar-refractivity contribution in [3.05, 3.63) is 0 Å². The van der Waals surface area contributed by atoms with E-state index in [1.54, 1.807) is 0 Å². The molecule has 19 heavy (non-hydrogen) atoms. The van der Waals surface area contributed by atoms with Gasteiger partial charge >= 0.3 is 0 Å². The molecule has 0 amide bonds. The molecule has 1 aliphatic rings. The van der Waals surface area contributed by atoms with Crippen LogP contribution in [0.15, 0.2) is 0 Å². The molecular weight excluding hydrogens is 234 g/mol. The maximum atomic E-state index is 9.70. The highest BCUT2D eigenvalue weighted by atomic mass is 16.3. The predicted molar refractivity (Wildman–Crippen MR) is 83.5 cm³/mol. The van der Waals surface area contributed by atoms with Crippen molar-refractivity contribution in [2.45, 2.75) is 103 Å². The largest absolute Gasteiger partial charge is 0.391 e. The van der Waals surface area contributed by atoms with Gasteiger partial charge in [-0.25, -0.2) is 0 Å². The van der Waals surface area contributed by atoms with Gasteiger partial charge in [-0.2, -0.15) is 0 Å². The van der Waals surface area contributed by atoms with E-state index < -0.39 is 0 Å². The normalized spacial score (nSPS) is 25.6. The molecule has 0 aromatic rings. The second-order valence-electron chi connectivity index (χ2n) is 6.75. The van der Waals surface area contributed by atoms with Crippen LogP contribution < -0.4 is 0 Å². The van der Waals surface area contributed by atoms with Crippen LogP contribution in [0.25, 0.3) is 0 Å². The second-order valence-corrected chi connectivity index (χ2v) is 6.75. The van der Waals surface area contributed by atoms with Crippen LogP contribution in [-0.2, 0) is 0 Å². The van der Waals surface area contributed by atoms with Gasteiger partial charge in [0.25, 0.3) is 0 Å². The summed E-state index contributed by atoms with van der Waals surface area (Å²) in [6, 6.07) is 0.429. The Balaban J connectivity index is 2.45. The standard InChI is InChI=1S/C17H35NO/c1-5-7-9-11-13-17(3,12-10-8-6-2)18(4)15-14-16(15)19/h15-16,19H,5-14H2,1-4H3. The molecule has 0 spiro atoms. The fourth-order valence-corrected chi connectivity index (χ4v) is 3.15. The highest BCUT2D eigenvalue weighted by Crippen LogP contribution is 2.37. The van der Waals surface area contributed by atoms with Crippen molar-refractivity contribution in [1.29, 1.82) is 0 Å². The zero-order valence-electron chi connectivity index (χ0n) is 13.6. The first-order valence-electron chi connectivity index (χ1n) is 8.46. The van der Waals surface area contributed by atoms with E-state index in [0.29, 0.717) is 11.6 Å². The average Bonchev–Trinajstić information content (AvgIpc) is 3.11. The fourth-order valence-electron chi connectivity index (χ4n) is 3.15. The zero-order chi connectivity index (χ0) is 14.3. The molecule has 1 rings (SSSR count). The monoisotopic (exact) mass is 269 g/mol. The van der Waals surface area contributed by atoms with Crippen molar-refractivity contribution in [1.82, 2.24) is 4.90 Å². The SMILES string of the molecule is CCCCCCC(C)(CCCCC)N(C)C1CC1O. The number of nitrogens with zero attached hydrogens (tertiary/aromatic N) is 1. The van der Waals surface area contributed by atoms with Gasteiger partial charge in [0.15, 0.2) is 0 Å². The van der Waals surface area contributed by atoms with E-state index in [9.17, 15) is 5.11 Å². The number of aliphatic hydroxyl groups excluding tert-OH is 1. The molecular formula is C17H35NO. The Bertz CT molecular complexity index is 243. The van der Waals surface area contributed by atoms with Crippen molar-refractivity contribution >= 4 is 0 Å². The Morgan fingerprint density at radius 3 is 1.95 bits per heavy atom. The van der Waals surface area contributed by atoms with Crippen LogP contribution in [0.3, 0.4) is 0 Å². The average molecular weight is 269 g/mol. The third kappa shape index (κ3) is 5.43. The molecule has 0 heterocycles. The topological polar surface area (TPSA) is 23.5 Å². The lowest BCUT2D eigenvalue weighted by molar-refractivity contribution is 0.0813. The molecule has 1 aliphatic carbocycles. The Labute approximate surface area is 120 Å². The Morgan fingerprint density at radius 1 is 1.00 bits per heavy atom. The fraction of sp³-hybridized carbons (Fsp3) is 1.00. The molecule has 1 saturated carbocycles. The summed E-state index contributed by atoms with van der Waals surface area (Å²) in [4.78, 5) is 2.49. The summed E-state index contributed by atoms with van der Waals surface area (Å²) in [6.45, 7) is 6.96. The van der Waals surface area contributed by atoms with E-state index in [1.165, 1.54) is 57.8 Å². The lowest BCUT2D eigenvalue weighted by atomic mass is 9.86. The Hall–Kier alpha value is -0.0800.